The summed E-state index contributed by atoms with van der Waals surface area (Å²) < 4.78 is 1.91. The van der Waals surface area contributed by atoms with Crippen LogP contribution in [0.25, 0.3) is 11.4 Å². The summed E-state index contributed by atoms with van der Waals surface area (Å²) in [5.41, 5.74) is 1.07. The molecular weight excluding hydrogens is 292 g/mol. The second kappa shape index (κ2) is 5.44. The van der Waals surface area contributed by atoms with E-state index in [0.29, 0.717) is 22.8 Å². The smallest absolute Gasteiger partial charge is 0.273 e. The number of aromatic nitrogens is 3. The highest BCUT2D eigenvalue weighted by Gasteiger charge is 2.24. The molecule has 6 nitrogen and oxygen atoms in total. The van der Waals surface area contributed by atoms with Crippen LogP contribution in [0.1, 0.15) is 32.2 Å². The van der Waals surface area contributed by atoms with Crippen LogP contribution in [0.4, 0.5) is 5.69 Å². The van der Waals surface area contributed by atoms with E-state index in [9.17, 15) is 10.1 Å². The number of hydrogen-bond acceptors (Lipinski definition) is 4. The lowest BCUT2D eigenvalue weighted by atomic mass is 10.1. The van der Waals surface area contributed by atoms with Crippen LogP contribution >= 0.6 is 11.6 Å². The van der Waals surface area contributed by atoms with Crippen LogP contribution in [-0.4, -0.2) is 19.7 Å². The summed E-state index contributed by atoms with van der Waals surface area (Å²) in [6.45, 7) is 7.75. The number of nitro benzene ring substituents is 1. The van der Waals surface area contributed by atoms with Crippen molar-refractivity contribution in [3.05, 3.63) is 39.7 Å². The molecule has 0 atom stereocenters. The minimum atomic E-state index is -0.390. The van der Waals surface area contributed by atoms with E-state index in [1.807, 2.05) is 31.4 Å². The maximum atomic E-state index is 11.1. The van der Waals surface area contributed by atoms with Crippen LogP contribution in [0.3, 0.4) is 0 Å². The Balaban J connectivity index is 2.66. The van der Waals surface area contributed by atoms with E-state index >= 15 is 0 Å². The molecule has 0 radical (unpaired) electrons. The number of rotatable bonds is 3. The monoisotopic (exact) mass is 308 g/mol. The Hall–Kier alpha value is -1.95. The van der Waals surface area contributed by atoms with Crippen LogP contribution in [0.15, 0.2) is 18.2 Å². The Morgan fingerprint density at radius 2 is 2.00 bits per heavy atom. The fourth-order valence-electron chi connectivity index (χ4n) is 2.24. The lowest BCUT2D eigenvalue weighted by Gasteiger charge is -2.24. The van der Waals surface area contributed by atoms with Gasteiger partial charge in [-0.2, -0.15) is 0 Å². The van der Waals surface area contributed by atoms with Crippen molar-refractivity contribution >= 4 is 17.3 Å². The van der Waals surface area contributed by atoms with Gasteiger partial charge in [0.1, 0.15) is 5.82 Å². The number of aryl methyl sites for hydroxylation is 1. The first kappa shape index (κ1) is 15.4. The van der Waals surface area contributed by atoms with Crippen molar-refractivity contribution in [1.29, 1.82) is 0 Å². The van der Waals surface area contributed by atoms with Crippen molar-refractivity contribution in [2.45, 2.75) is 39.1 Å². The molecule has 1 heterocycles. The maximum Gasteiger partial charge on any atom is 0.273 e. The lowest BCUT2D eigenvalue weighted by molar-refractivity contribution is -0.385. The third-order valence-corrected chi connectivity index (χ3v) is 3.42. The number of nitro groups is 1. The number of hydrogen-bond donors (Lipinski definition) is 0. The molecule has 1 aromatic heterocycles. The van der Waals surface area contributed by atoms with Gasteiger partial charge < -0.3 is 4.57 Å². The van der Waals surface area contributed by atoms with Crippen molar-refractivity contribution in [1.82, 2.24) is 14.8 Å². The summed E-state index contributed by atoms with van der Waals surface area (Å²) in [6, 6.07) is 5.06. The van der Waals surface area contributed by atoms with E-state index < -0.39 is 0 Å². The summed E-state index contributed by atoms with van der Waals surface area (Å²) in [4.78, 5) is 10.7. The van der Waals surface area contributed by atoms with Gasteiger partial charge in [0.25, 0.3) is 5.69 Å². The van der Waals surface area contributed by atoms with Gasteiger partial charge in [0.15, 0.2) is 5.82 Å². The van der Waals surface area contributed by atoms with Crippen LogP contribution in [0.5, 0.6) is 0 Å². The van der Waals surface area contributed by atoms with Gasteiger partial charge in [0.2, 0.25) is 0 Å². The molecule has 0 amide bonds. The molecule has 1 aromatic carbocycles. The minimum absolute atomic E-state index is 0.0726. The topological polar surface area (TPSA) is 73.8 Å². The molecule has 0 fully saturated rings. The molecule has 0 aliphatic rings. The zero-order valence-electron chi connectivity index (χ0n) is 12.4. The largest absolute Gasteiger partial charge is 0.305 e. The Morgan fingerprint density at radius 3 is 2.52 bits per heavy atom. The molecule has 7 heteroatoms. The third-order valence-electron chi connectivity index (χ3n) is 3.18. The Kier molecular flexibility index (Phi) is 4.00. The van der Waals surface area contributed by atoms with Crippen LogP contribution in [0.2, 0.25) is 0 Å². The Bertz CT molecular complexity index is 689. The summed E-state index contributed by atoms with van der Waals surface area (Å²) in [6.07, 6.45) is 0. The summed E-state index contributed by atoms with van der Waals surface area (Å²) in [5, 5.41) is 19.3. The highest BCUT2D eigenvalue weighted by Crippen LogP contribution is 2.30. The quantitative estimate of drug-likeness (QED) is 0.493. The molecule has 2 rings (SSSR count). The highest BCUT2D eigenvalue weighted by molar-refractivity contribution is 6.16. The van der Waals surface area contributed by atoms with Gasteiger partial charge in [0.05, 0.1) is 10.8 Å². The van der Waals surface area contributed by atoms with E-state index in [0.717, 1.165) is 0 Å². The molecular formula is C14H17ClN4O2. The zero-order valence-corrected chi connectivity index (χ0v) is 13.2. The SMILES string of the molecule is Cc1ccc(-c2nnc(CCl)n2C(C)(C)C)cc1[N+](=O)[O-]. The predicted molar refractivity (Wildman–Crippen MR) is 81.4 cm³/mol. The second-order valence-corrected chi connectivity index (χ2v) is 6.11. The first-order chi connectivity index (χ1) is 9.75. The van der Waals surface area contributed by atoms with Gasteiger partial charge in [-0.25, -0.2) is 0 Å². The van der Waals surface area contributed by atoms with E-state index in [4.69, 9.17) is 11.6 Å². The van der Waals surface area contributed by atoms with Gasteiger partial charge in [-0.05, 0) is 27.7 Å². The molecule has 0 aliphatic heterocycles. The molecule has 0 saturated heterocycles. The Labute approximate surface area is 127 Å². The summed E-state index contributed by atoms with van der Waals surface area (Å²) in [5.74, 6) is 1.46. The third kappa shape index (κ3) is 2.90. The predicted octanol–water partition coefficient (Wildman–Crippen LogP) is 3.66. The van der Waals surface area contributed by atoms with Crippen molar-refractivity contribution in [3.8, 4) is 11.4 Å². The van der Waals surface area contributed by atoms with Gasteiger partial charge in [0, 0.05) is 22.7 Å². The number of benzene rings is 1. The first-order valence-electron chi connectivity index (χ1n) is 6.52. The summed E-state index contributed by atoms with van der Waals surface area (Å²) in [7, 11) is 0. The normalized spacial score (nSPS) is 11.7. The average Bonchev–Trinajstić information content (AvgIpc) is 2.82. The summed E-state index contributed by atoms with van der Waals surface area (Å²) >= 11 is 5.91. The molecule has 0 saturated carbocycles. The molecule has 21 heavy (non-hydrogen) atoms. The fourth-order valence-corrected chi connectivity index (χ4v) is 2.41. The molecule has 112 valence electrons. The molecule has 2 aromatic rings. The second-order valence-electron chi connectivity index (χ2n) is 5.84. The van der Waals surface area contributed by atoms with E-state index in [1.165, 1.54) is 6.07 Å². The molecule has 0 bridgehead atoms. The first-order valence-corrected chi connectivity index (χ1v) is 7.05. The molecule has 0 N–H and O–H groups in total. The van der Waals surface area contributed by atoms with Gasteiger partial charge in [-0.1, -0.05) is 12.1 Å². The fraction of sp³-hybridized carbons (Fsp3) is 0.429. The zero-order chi connectivity index (χ0) is 15.8. The van der Waals surface area contributed by atoms with Crippen LogP contribution < -0.4 is 0 Å². The molecule has 0 aliphatic carbocycles. The Morgan fingerprint density at radius 1 is 1.33 bits per heavy atom. The lowest BCUT2D eigenvalue weighted by Crippen LogP contribution is -2.24. The average molecular weight is 309 g/mol. The van der Waals surface area contributed by atoms with E-state index in [-0.39, 0.29) is 22.0 Å². The van der Waals surface area contributed by atoms with Crippen LogP contribution in [0, 0.1) is 17.0 Å². The molecule has 0 unspecified atom stereocenters. The number of alkyl halides is 1. The van der Waals surface area contributed by atoms with Gasteiger partial charge in [-0.3, -0.25) is 10.1 Å². The standard InChI is InChI=1S/C14H17ClN4O2/c1-9-5-6-10(7-11(9)19(20)21)13-17-16-12(8-15)18(13)14(2,3)4/h5-7H,8H2,1-4H3. The van der Waals surface area contributed by atoms with Crippen LogP contribution in [-0.2, 0) is 11.4 Å². The van der Waals surface area contributed by atoms with Crippen molar-refractivity contribution in [2.75, 3.05) is 0 Å². The van der Waals surface area contributed by atoms with Gasteiger partial charge in [-0.15, -0.1) is 21.8 Å². The highest BCUT2D eigenvalue weighted by atomic mass is 35.5. The maximum absolute atomic E-state index is 11.1. The number of nitrogens with zero attached hydrogens (tertiary/aromatic N) is 4. The van der Waals surface area contributed by atoms with Crippen molar-refractivity contribution < 1.29 is 4.92 Å². The van der Waals surface area contributed by atoms with Crippen molar-refractivity contribution in [3.63, 3.8) is 0 Å². The minimum Gasteiger partial charge on any atom is -0.305 e. The van der Waals surface area contributed by atoms with E-state index in [1.54, 1.807) is 13.0 Å². The number of halogens is 1. The van der Waals surface area contributed by atoms with Crippen molar-refractivity contribution in [2.24, 2.45) is 0 Å². The van der Waals surface area contributed by atoms with Gasteiger partial charge >= 0.3 is 0 Å². The van der Waals surface area contributed by atoms with E-state index in [2.05, 4.69) is 10.2 Å². The molecule has 0 spiro atoms.